The van der Waals surface area contributed by atoms with Crippen LogP contribution in [0.5, 0.6) is 0 Å². The minimum Gasteiger partial charge on any atom is -0.371 e. The van der Waals surface area contributed by atoms with Gasteiger partial charge in [-0.1, -0.05) is 6.92 Å². The fourth-order valence-corrected chi connectivity index (χ4v) is 2.05. The van der Waals surface area contributed by atoms with Crippen LogP contribution >= 0.6 is 11.6 Å². The molecule has 1 aliphatic rings. The summed E-state index contributed by atoms with van der Waals surface area (Å²) in [5.41, 5.74) is 2.23. The molecular formula is C11H15ClN2. The largest absolute Gasteiger partial charge is 0.371 e. The van der Waals surface area contributed by atoms with Crippen molar-refractivity contribution in [2.45, 2.75) is 19.2 Å². The van der Waals surface area contributed by atoms with Crippen LogP contribution < -0.4 is 4.90 Å². The molecule has 1 atom stereocenters. The lowest BCUT2D eigenvalue weighted by atomic mass is 10.2. The summed E-state index contributed by atoms with van der Waals surface area (Å²) < 4.78 is 0. The van der Waals surface area contributed by atoms with Crippen LogP contribution in [0.1, 0.15) is 19.0 Å². The van der Waals surface area contributed by atoms with Gasteiger partial charge in [0.25, 0.3) is 0 Å². The molecule has 1 saturated heterocycles. The Balaban J connectivity index is 2.15. The van der Waals surface area contributed by atoms with E-state index < -0.39 is 0 Å². The number of alkyl halides is 1. The quantitative estimate of drug-likeness (QED) is 0.698. The molecule has 1 aliphatic heterocycles. The van der Waals surface area contributed by atoms with E-state index in [0.717, 1.165) is 24.7 Å². The van der Waals surface area contributed by atoms with Gasteiger partial charge >= 0.3 is 0 Å². The van der Waals surface area contributed by atoms with Crippen molar-refractivity contribution in [1.82, 2.24) is 4.98 Å². The van der Waals surface area contributed by atoms with Crippen molar-refractivity contribution in [3.05, 3.63) is 24.0 Å². The second kappa shape index (κ2) is 4.18. The van der Waals surface area contributed by atoms with E-state index in [1.807, 2.05) is 6.20 Å². The van der Waals surface area contributed by atoms with E-state index in [2.05, 4.69) is 28.9 Å². The Morgan fingerprint density at radius 1 is 1.64 bits per heavy atom. The SMILES string of the molecule is CC1CCN(c2ccnc(CCl)c2)C1. The number of aromatic nitrogens is 1. The summed E-state index contributed by atoms with van der Waals surface area (Å²) in [7, 11) is 0. The molecule has 0 aliphatic carbocycles. The average molecular weight is 211 g/mol. The fraction of sp³-hybridized carbons (Fsp3) is 0.545. The maximum Gasteiger partial charge on any atom is 0.0648 e. The Labute approximate surface area is 89.9 Å². The van der Waals surface area contributed by atoms with Gasteiger partial charge in [0.05, 0.1) is 11.6 Å². The number of anilines is 1. The summed E-state index contributed by atoms with van der Waals surface area (Å²) >= 11 is 5.75. The highest BCUT2D eigenvalue weighted by Crippen LogP contribution is 2.23. The number of nitrogens with zero attached hydrogens (tertiary/aromatic N) is 2. The van der Waals surface area contributed by atoms with Crippen molar-refractivity contribution >= 4 is 17.3 Å². The molecular weight excluding hydrogens is 196 g/mol. The van der Waals surface area contributed by atoms with E-state index in [4.69, 9.17) is 11.6 Å². The monoisotopic (exact) mass is 210 g/mol. The highest BCUT2D eigenvalue weighted by atomic mass is 35.5. The first-order valence-electron chi connectivity index (χ1n) is 5.05. The molecule has 1 fully saturated rings. The Morgan fingerprint density at radius 3 is 3.14 bits per heavy atom. The second-order valence-electron chi connectivity index (χ2n) is 3.98. The molecule has 0 spiro atoms. The standard InChI is InChI=1S/C11H15ClN2/c1-9-3-5-14(8-9)11-2-4-13-10(6-11)7-12/h2,4,6,9H,3,5,7-8H2,1H3. The molecule has 2 heterocycles. The maximum absolute atomic E-state index is 5.75. The van der Waals surface area contributed by atoms with Crippen molar-refractivity contribution in [2.75, 3.05) is 18.0 Å². The summed E-state index contributed by atoms with van der Waals surface area (Å²) in [4.78, 5) is 6.59. The third-order valence-electron chi connectivity index (χ3n) is 2.73. The van der Waals surface area contributed by atoms with Crippen molar-refractivity contribution in [3.8, 4) is 0 Å². The van der Waals surface area contributed by atoms with Crippen LogP contribution in [0.3, 0.4) is 0 Å². The Hall–Kier alpha value is -0.760. The van der Waals surface area contributed by atoms with E-state index in [9.17, 15) is 0 Å². The highest BCUT2D eigenvalue weighted by Gasteiger charge is 2.18. The molecule has 1 aromatic rings. The van der Waals surface area contributed by atoms with E-state index in [1.165, 1.54) is 12.1 Å². The molecule has 2 rings (SSSR count). The Bertz CT molecular complexity index is 314. The number of pyridine rings is 1. The predicted molar refractivity (Wildman–Crippen MR) is 59.8 cm³/mol. The molecule has 0 saturated carbocycles. The highest BCUT2D eigenvalue weighted by molar-refractivity contribution is 6.16. The van der Waals surface area contributed by atoms with E-state index in [-0.39, 0.29) is 0 Å². The molecule has 0 amide bonds. The number of hydrogen-bond acceptors (Lipinski definition) is 2. The minimum absolute atomic E-state index is 0.497. The number of halogens is 1. The lowest BCUT2D eigenvalue weighted by Crippen LogP contribution is -2.19. The van der Waals surface area contributed by atoms with Crippen molar-refractivity contribution in [1.29, 1.82) is 0 Å². The zero-order valence-corrected chi connectivity index (χ0v) is 9.17. The molecule has 0 N–H and O–H groups in total. The van der Waals surface area contributed by atoms with Gasteiger partial charge in [0, 0.05) is 25.0 Å². The summed E-state index contributed by atoms with van der Waals surface area (Å²) in [6.45, 7) is 4.61. The fourth-order valence-electron chi connectivity index (χ4n) is 1.90. The van der Waals surface area contributed by atoms with Crippen LogP contribution in [0.25, 0.3) is 0 Å². The summed E-state index contributed by atoms with van der Waals surface area (Å²) in [6, 6.07) is 4.15. The molecule has 14 heavy (non-hydrogen) atoms. The molecule has 0 aromatic carbocycles. The molecule has 1 unspecified atom stereocenters. The normalized spacial score (nSPS) is 21.6. The number of rotatable bonds is 2. The van der Waals surface area contributed by atoms with Gasteiger partial charge in [-0.25, -0.2) is 0 Å². The van der Waals surface area contributed by atoms with Gasteiger partial charge in [-0.15, -0.1) is 11.6 Å². The van der Waals surface area contributed by atoms with Gasteiger partial charge in [-0.05, 0) is 24.5 Å². The smallest absolute Gasteiger partial charge is 0.0648 e. The molecule has 3 heteroatoms. The molecule has 76 valence electrons. The average Bonchev–Trinajstić information content (AvgIpc) is 2.65. The maximum atomic E-state index is 5.75. The second-order valence-corrected chi connectivity index (χ2v) is 4.25. The first-order valence-corrected chi connectivity index (χ1v) is 5.59. The first-order chi connectivity index (χ1) is 6.79. The minimum atomic E-state index is 0.497. The third kappa shape index (κ3) is 2.01. The van der Waals surface area contributed by atoms with Gasteiger partial charge in [0.1, 0.15) is 0 Å². The van der Waals surface area contributed by atoms with Gasteiger partial charge in [-0.3, -0.25) is 4.98 Å². The van der Waals surface area contributed by atoms with Gasteiger partial charge < -0.3 is 4.90 Å². The summed E-state index contributed by atoms with van der Waals surface area (Å²) in [6.07, 6.45) is 3.13. The van der Waals surface area contributed by atoms with Crippen molar-refractivity contribution in [2.24, 2.45) is 5.92 Å². The lowest BCUT2D eigenvalue weighted by Gasteiger charge is -2.18. The van der Waals surface area contributed by atoms with Crippen LogP contribution in [0.2, 0.25) is 0 Å². The van der Waals surface area contributed by atoms with Crippen LogP contribution in [-0.2, 0) is 5.88 Å². The molecule has 1 aromatic heterocycles. The third-order valence-corrected chi connectivity index (χ3v) is 3.00. The van der Waals surface area contributed by atoms with Crippen LogP contribution in [0.4, 0.5) is 5.69 Å². The van der Waals surface area contributed by atoms with Crippen molar-refractivity contribution < 1.29 is 0 Å². The van der Waals surface area contributed by atoms with Crippen LogP contribution in [0.15, 0.2) is 18.3 Å². The zero-order valence-electron chi connectivity index (χ0n) is 8.41. The molecule has 2 nitrogen and oxygen atoms in total. The summed E-state index contributed by atoms with van der Waals surface area (Å²) in [5, 5.41) is 0. The van der Waals surface area contributed by atoms with Gasteiger partial charge in [0.15, 0.2) is 0 Å². The van der Waals surface area contributed by atoms with E-state index in [0.29, 0.717) is 5.88 Å². The molecule has 0 bridgehead atoms. The number of hydrogen-bond donors (Lipinski definition) is 0. The van der Waals surface area contributed by atoms with E-state index in [1.54, 1.807) is 0 Å². The Kier molecular flexibility index (Phi) is 2.92. The lowest BCUT2D eigenvalue weighted by molar-refractivity contribution is 0.659. The first kappa shape index (κ1) is 9.78. The van der Waals surface area contributed by atoms with E-state index >= 15 is 0 Å². The van der Waals surface area contributed by atoms with Crippen molar-refractivity contribution in [3.63, 3.8) is 0 Å². The summed E-state index contributed by atoms with van der Waals surface area (Å²) in [5.74, 6) is 1.31. The van der Waals surface area contributed by atoms with Crippen LogP contribution in [-0.4, -0.2) is 18.1 Å². The van der Waals surface area contributed by atoms with Gasteiger partial charge in [0.2, 0.25) is 0 Å². The topological polar surface area (TPSA) is 16.1 Å². The molecule has 0 radical (unpaired) electrons. The van der Waals surface area contributed by atoms with Gasteiger partial charge in [-0.2, -0.15) is 0 Å². The predicted octanol–water partition coefficient (Wildman–Crippen LogP) is 2.67. The Morgan fingerprint density at radius 2 is 2.50 bits per heavy atom. The van der Waals surface area contributed by atoms with Crippen LogP contribution in [0, 0.1) is 5.92 Å². The zero-order chi connectivity index (χ0) is 9.97.